The van der Waals surface area contributed by atoms with Gasteiger partial charge in [0.15, 0.2) is 0 Å². The first-order valence-corrected chi connectivity index (χ1v) is 5.04. The van der Waals surface area contributed by atoms with Gasteiger partial charge in [0.25, 0.3) is 0 Å². The second kappa shape index (κ2) is 6.16. The second-order valence-corrected chi connectivity index (χ2v) is 4.18. The van der Waals surface area contributed by atoms with Crippen LogP contribution in [0.4, 0.5) is 0 Å². The molecule has 0 unspecified atom stereocenters. The van der Waals surface area contributed by atoms with Crippen molar-refractivity contribution in [2.24, 2.45) is 5.73 Å². The topological polar surface area (TPSA) is 26.0 Å². The molecule has 0 aliphatic heterocycles. The Balaban J connectivity index is 0.00000196. The molecule has 0 fully saturated rings. The predicted octanol–water partition coefficient (Wildman–Crippen LogP) is 4.04. The smallest absolute Gasteiger partial charge is 0.0435 e. The zero-order chi connectivity index (χ0) is 10.7. The number of aryl methyl sites for hydroxylation is 1. The fourth-order valence-corrected chi connectivity index (χ4v) is 1.51. The first-order valence-electron chi connectivity index (χ1n) is 4.66. The van der Waals surface area contributed by atoms with E-state index in [2.05, 4.69) is 6.58 Å². The van der Waals surface area contributed by atoms with Crippen LogP contribution >= 0.6 is 24.0 Å². The van der Waals surface area contributed by atoms with E-state index < -0.39 is 0 Å². The van der Waals surface area contributed by atoms with E-state index in [9.17, 15) is 0 Å². The Labute approximate surface area is 103 Å². The van der Waals surface area contributed by atoms with Crippen LogP contribution in [-0.2, 0) is 0 Å². The van der Waals surface area contributed by atoms with E-state index in [1.54, 1.807) is 0 Å². The highest BCUT2D eigenvalue weighted by molar-refractivity contribution is 6.31. The van der Waals surface area contributed by atoms with Gasteiger partial charge in [-0.1, -0.05) is 29.3 Å². The lowest BCUT2D eigenvalue weighted by molar-refractivity contribution is 0.716. The molecule has 0 aliphatic rings. The van der Waals surface area contributed by atoms with Crippen LogP contribution < -0.4 is 5.73 Å². The van der Waals surface area contributed by atoms with Crippen LogP contribution in [0.3, 0.4) is 0 Å². The molecule has 0 saturated heterocycles. The van der Waals surface area contributed by atoms with Gasteiger partial charge in [0.2, 0.25) is 0 Å². The minimum atomic E-state index is 0. The molecule has 1 aromatic rings. The zero-order valence-electron chi connectivity index (χ0n) is 9.09. The Morgan fingerprint density at radius 3 is 2.60 bits per heavy atom. The SMILES string of the molecule is C=C(C)C[C@H](N)c1ccc(Cl)c(C)c1.Cl. The number of hydrogen-bond acceptors (Lipinski definition) is 1. The third-order valence-corrected chi connectivity index (χ3v) is 2.60. The van der Waals surface area contributed by atoms with Crippen LogP contribution in [0.15, 0.2) is 30.4 Å². The first-order chi connectivity index (χ1) is 6.50. The predicted molar refractivity (Wildman–Crippen MR) is 69.8 cm³/mol. The van der Waals surface area contributed by atoms with Crippen molar-refractivity contribution in [2.45, 2.75) is 26.3 Å². The van der Waals surface area contributed by atoms with E-state index in [0.29, 0.717) is 0 Å². The highest BCUT2D eigenvalue weighted by atomic mass is 35.5. The number of hydrogen-bond donors (Lipinski definition) is 1. The average molecular weight is 246 g/mol. The molecule has 0 aromatic heterocycles. The van der Waals surface area contributed by atoms with Crippen LogP contribution in [0.2, 0.25) is 5.02 Å². The summed E-state index contributed by atoms with van der Waals surface area (Å²) in [6.07, 6.45) is 0.821. The van der Waals surface area contributed by atoms with Crippen molar-refractivity contribution in [1.82, 2.24) is 0 Å². The Morgan fingerprint density at radius 2 is 2.13 bits per heavy atom. The van der Waals surface area contributed by atoms with Crippen molar-refractivity contribution in [2.75, 3.05) is 0 Å². The molecule has 0 radical (unpaired) electrons. The van der Waals surface area contributed by atoms with Crippen LogP contribution in [0.5, 0.6) is 0 Å². The fourth-order valence-electron chi connectivity index (χ4n) is 1.39. The largest absolute Gasteiger partial charge is 0.324 e. The molecular formula is C12H17Cl2N. The summed E-state index contributed by atoms with van der Waals surface area (Å²) < 4.78 is 0. The third kappa shape index (κ3) is 4.25. The maximum Gasteiger partial charge on any atom is 0.0435 e. The highest BCUT2D eigenvalue weighted by Gasteiger charge is 2.07. The summed E-state index contributed by atoms with van der Waals surface area (Å²) in [4.78, 5) is 0. The van der Waals surface area contributed by atoms with Crippen molar-refractivity contribution >= 4 is 24.0 Å². The molecule has 0 spiro atoms. The summed E-state index contributed by atoms with van der Waals surface area (Å²) in [5.41, 5.74) is 9.30. The lowest BCUT2D eigenvalue weighted by Crippen LogP contribution is -2.10. The minimum Gasteiger partial charge on any atom is -0.324 e. The molecule has 0 heterocycles. The first kappa shape index (κ1) is 14.5. The van der Waals surface area contributed by atoms with Crippen molar-refractivity contribution in [3.05, 3.63) is 46.5 Å². The number of benzene rings is 1. The molecule has 0 saturated carbocycles. The van der Waals surface area contributed by atoms with Gasteiger partial charge in [0, 0.05) is 11.1 Å². The van der Waals surface area contributed by atoms with E-state index in [1.807, 2.05) is 32.0 Å². The van der Waals surface area contributed by atoms with Gasteiger partial charge in [-0.2, -0.15) is 0 Å². The standard InChI is InChI=1S/C12H16ClN.ClH/c1-8(2)6-12(14)10-4-5-11(13)9(3)7-10;/h4-5,7,12H,1,6,14H2,2-3H3;1H/t12-;/m0./s1. The van der Waals surface area contributed by atoms with Gasteiger partial charge in [-0.05, 0) is 37.5 Å². The average Bonchev–Trinajstić information content (AvgIpc) is 2.08. The summed E-state index contributed by atoms with van der Waals surface area (Å²) in [6.45, 7) is 7.83. The van der Waals surface area contributed by atoms with Gasteiger partial charge >= 0.3 is 0 Å². The maximum absolute atomic E-state index is 6.01. The van der Waals surface area contributed by atoms with E-state index in [-0.39, 0.29) is 18.4 Å². The Kier molecular flexibility index (Phi) is 5.96. The Bertz CT molecular complexity index is 347. The molecule has 0 amide bonds. The molecule has 0 aliphatic carbocycles. The second-order valence-electron chi connectivity index (χ2n) is 3.78. The Morgan fingerprint density at radius 1 is 1.53 bits per heavy atom. The highest BCUT2D eigenvalue weighted by Crippen LogP contribution is 2.22. The van der Waals surface area contributed by atoms with Gasteiger partial charge in [-0.15, -0.1) is 19.0 Å². The maximum atomic E-state index is 6.01. The lowest BCUT2D eigenvalue weighted by atomic mass is 10.00. The van der Waals surface area contributed by atoms with Crippen LogP contribution in [-0.4, -0.2) is 0 Å². The fraction of sp³-hybridized carbons (Fsp3) is 0.333. The number of nitrogens with two attached hydrogens (primary N) is 1. The van der Waals surface area contributed by atoms with Crippen LogP contribution in [0.1, 0.15) is 30.5 Å². The summed E-state index contributed by atoms with van der Waals surface area (Å²) in [7, 11) is 0. The van der Waals surface area contributed by atoms with Crippen molar-refractivity contribution in [3.63, 3.8) is 0 Å². The van der Waals surface area contributed by atoms with Gasteiger partial charge < -0.3 is 5.73 Å². The molecular weight excluding hydrogens is 229 g/mol. The number of rotatable bonds is 3. The molecule has 1 atom stereocenters. The summed E-state index contributed by atoms with van der Waals surface area (Å²) >= 11 is 5.93. The third-order valence-electron chi connectivity index (χ3n) is 2.18. The quantitative estimate of drug-likeness (QED) is 0.800. The van der Waals surface area contributed by atoms with Gasteiger partial charge in [-0.3, -0.25) is 0 Å². The molecule has 15 heavy (non-hydrogen) atoms. The van der Waals surface area contributed by atoms with Crippen molar-refractivity contribution in [1.29, 1.82) is 0 Å². The summed E-state index contributed by atoms with van der Waals surface area (Å²) in [5, 5.41) is 0.788. The molecule has 3 heteroatoms. The molecule has 1 rings (SSSR count). The lowest BCUT2D eigenvalue weighted by Gasteiger charge is -2.12. The van der Waals surface area contributed by atoms with Crippen LogP contribution in [0, 0.1) is 6.92 Å². The summed E-state index contributed by atoms with van der Waals surface area (Å²) in [6, 6.07) is 5.94. The molecule has 1 aromatic carbocycles. The number of halogens is 2. The molecule has 1 nitrogen and oxygen atoms in total. The molecule has 84 valence electrons. The van der Waals surface area contributed by atoms with Crippen molar-refractivity contribution in [3.8, 4) is 0 Å². The van der Waals surface area contributed by atoms with Gasteiger partial charge in [0.1, 0.15) is 0 Å². The normalized spacial score (nSPS) is 11.7. The van der Waals surface area contributed by atoms with E-state index in [0.717, 1.165) is 28.1 Å². The van der Waals surface area contributed by atoms with Crippen LogP contribution in [0.25, 0.3) is 0 Å². The summed E-state index contributed by atoms with van der Waals surface area (Å²) in [5.74, 6) is 0. The van der Waals surface area contributed by atoms with Gasteiger partial charge in [-0.25, -0.2) is 0 Å². The zero-order valence-corrected chi connectivity index (χ0v) is 10.7. The van der Waals surface area contributed by atoms with E-state index in [4.69, 9.17) is 17.3 Å². The molecule has 0 bridgehead atoms. The molecule has 2 N–H and O–H groups in total. The van der Waals surface area contributed by atoms with E-state index in [1.165, 1.54) is 0 Å². The monoisotopic (exact) mass is 245 g/mol. The van der Waals surface area contributed by atoms with Gasteiger partial charge in [0.05, 0.1) is 0 Å². The Hall–Kier alpha value is -0.500. The van der Waals surface area contributed by atoms with E-state index >= 15 is 0 Å². The minimum absolute atomic E-state index is 0. The van der Waals surface area contributed by atoms with Crippen molar-refractivity contribution < 1.29 is 0 Å².